The summed E-state index contributed by atoms with van der Waals surface area (Å²) in [6, 6.07) is 0. The highest BCUT2D eigenvalue weighted by Crippen LogP contribution is 2.19. The zero-order valence-corrected chi connectivity index (χ0v) is 9.92. The maximum absolute atomic E-state index is 11.7. The van der Waals surface area contributed by atoms with Gasteiger partial charge in [-0.1, -0.05) is 0 Å². The first kappa shape index (κ1) is 12.4. The Labute approximate surface area is 90.7 Å². The Morgan fingerprint density at radius 2 is 1.87 bits per heavy atom. The number of piperidine rings is 1. The summed E-state index contributed by atoms with van der Waals surface area (Å²) in [6.07, 6.45) is 1.28. The SMILES string of the molecule is CN(C)S(=O)(=O)N1CCC(C(=N)N)CC1. The summed E-state index contributed by atoms with van der Waals surface area (Å²) in [7, 11) is -0.253. The van der Waals surface area contributed by atoms with Gasteiger partial charge in [-0.2, -0.15) is 17.0 Å². The van der Waals surface area contributed by atoms with E-state index in [1.54, 1.807) is 0 Å². The Balaban J connectivity index is 2.62. The fourth-order valence-electron chi connectivity index (χ4n) is 1.63. The van der Waals surface area contributed by atoms with Crippen LogP contribution in [0.25, 0.3) is 0 Å². The highest BCUT2D eigenvalue weighted by Gasteiger charge is 2.30. The first-order chi connectivity index (χ1) is 6.85. The average Bonchev–Trinajstić information content (AvgIpc) is 2.17. The number of hydrogen-bond acceptors (Lipinski definition) is 3. The summed E-state index contributed by atoms with van der Waals surface area (Å²) >= 11 is 0. The third-order valence-corrected chi connectivity index (χ3v) is 4.62. The Morgan fingerprint density at radius 1 is 1.40 bits per heavy atom. The molecule has 0 radical (unpaired) electrons. The lowest BCUT2D eigenvalue weighted by Crippen LogP contribution is -2.46. The van der Waals surface area contributed by atoms with Gasteiger partial charge in [-0.15, -0.1) is 0 Å². The Kier molecular flexibility index (Phi) is 3.69. The van der Waals surface area contributed by atoms with Gasteiger partial charge in [0.15, 0.2) is 0 Å². The van der Waals surface area contributed by atoms with Gasteiger partial charge >= 0.3 is 0 Å². The van der Waals surface area contributed by atoms with Crippen LogP contribution in [0.4, 0.5) is 0 Å². The van der Waals surface area contributed by atoms with Gasteiger partial charge in [-0.05, 0) is 12.8 Å². The topological polar surface area (TPSA) is 90.5 Å². The van der Waals surface area contributed by atoms with Gasteiger partial charge in [0.1, 0.15) is 0 Å². The second kappa shape index (κ2) is 4.46. The quantitative estimate of drug-likeness (QED) is 0.506. The molecule has 0 unspecified atom stereocenters. The number of hydrogen-bond donors (Lipinski definition) is 2. The van der Waals surface area contributed by atoms with E-state index >= 15 is 0 Å². The number of nitrogens with two attached hydrogens (primary N) is 1. The van der Waals surface area contributed by atoms with E-state index in [1.807, 2.05) is 0 Å². The van der Waals surface area contributed by atoms with Crippen molar-refractivity contribution >= 4 is 16.0 Å². The fourth-order valence-corrected chi connectivity index (χ4v) is 2.76. The van der Waals surface area contributed by atoms with Crippen molar-refractivity contribution < 1.29 is 8.42 Å². The third-order valence-electron chi connectivity index (χ3n) is 2.68. The van der Waals surface area contributed by atoms with Crippen molar-refractivity contribution in [2.24, 2.45) is 11.7 Å². The minimum absolute atomic E-state index is 0.0404. The molecule has 7 heteroatoms. The molecule has 0 amide bonds. The number of amidine groups is 1. The monoisotopic (exact) mass is 234 g/mol. The predicted molar refractivity (Wildman–Crippen MR) is 58.8 cm³/mol. The van der Waals surface area contributed by atoms with Crippen LogP contribution in [-0.2, 0) is 10.2 Å². The first-order valence-corrected chi connectivity index (χ1v) is 6.27. The van der Waals surface area contributed by atoms with Crippen molar-refractivity contribution in [3.05, 3.63) is 0 Å². The van der Waals surface area contributed by atoms with Crippen LogP contribution in [0.1, 0.15) is 12.8 Å². The first-order valence-electron chi connectivity index (χ1n) is 4.87. The third kappa shape index (κ3) is 2.67. The van der Waals surface area contributed by atoms with Crippen LogP contribution in [0.5, 0.6) is 0 Å². The zero-order valence-electron chi connectivity index (χ0n) is 9.10. The molecule has 0 aromatic heterocycles. The second-order valence-electron chi connectivity index (χ2n) is 3.92. The number of rotatable bonds is 3. The summed E-state index contributed by atoms with van der Waals surface area (Å²) in [4.78, 5) is 0. The minimum atomic E-state index is -3.29. The summed E-state index contributed by atoms with van der Waals surface area (Å²) in [5.74, 6) is 0.204. The van der Waals surface area contributed by atoms with E-state index in [4.69, 9.17) is 11.1 Å². The molecule has 0 aliphatic carbocycles. The average molecular weight is 234 g/mol. The van der Waals surface area contributed by atoms with Crippen LogP contribution in [0, 0.1) is 11.3 Å². The summed E-state index contributed by atoms with van der Waals surface area (Å²) in [6.45, 7) is 0.898. The van der Waals surface area contributed by atoms with E-state index < -0.39 is 10.2 Å². The molecule has 1 heterocycles. The summed E-state index contributed by atoms with van der Waals surface area (Å²) < 4.78 is 26.1. The van der Waals surface area contributed by atoms with Crippen LogP contribution in [-0.4, -0.2) is 50.0 Å². The largest absolute Gasteiger partial charge is 0.387 e. The van der Waals surface area contributed by atoms with Crippen molar-refractivity contribution in [1.82, 2.24) is 8.61 Å². The van der Waals surface area contributed by atoms with Crippen LogP contribution >= 0.6 is 0 Å². The van der Waals surface area contributed by atoms with Gasteiger partial charge < -0.3 is 5.73 Å². The second-order valence-corrected chi connectivity index (χ2v) is 6.06. The molecule has 1 fully saturated rings. The highest BCUT2D eigenvalue weighted by molar-refractivity contribution is 7.86. The van der Waals surface area contributed by atoms with Crippen LogP contribution in [0.15, 0.2) is 0 Å². The standard InChI is InChI=1S/C8H18N4O2S/c1-11(2)15(13,14)12-5-3-7(4-6-12)8(9)10/h7H,3-6H2,1-2H3,(H3,9,10). The van der Waals surface area contributed by atoms with E-state index in [0.29, 0.717) is 25.9 Å². The van der Waals surface area contributed by atoms with Gasteiger partial charge in [-0.3, -0.25) is 5.41 Å². The smallest absolute Gasteiger partial charge is 0.281 e. The highest BCUT2D eigenvalue weighted by atomic mass is 32.2. The molecule has 0 spiro atoms. The van der Waals surface area contributed by atoms with Crippen molar-refractivity contribution in [1.29, 1.82) is 5.41 Å². The van der Waals surface area contributed by atoms with Crippen molar-refractivity contribution in [3.8, 4) is 0 Å². The molecule has 0 aromatic rings. The molecular formula is C8H18N4O2S. The molecule has 1 aliphatic rings. The maximum Gasteiger partial charge on any atom is 0.281 e. The Hall–Kier alpha value is -0.660. The maximum atomic E-state index is 11.7. The molecule has 6 nitrogen and oxygen atoms in total. The Morgan fingerprint density at radius 3 is 2.20 bits per heavy atom. The van der Waals surface area contributed by atoms with E-state index in [-0.39, 0.29) is 11.8 Å². The Bertz CT molecular complexity index is 331. The van der Waals surface area contributed by atoms with Gasteiger partial charge in [-0.25, -0.2) is 0 Å². The van der Waals surface area contributed by atoms with E-state index in [9.17, 15) is 8.42 Å². The number of nitrogens with zero attached hydrogens (tertiary/aromatic N) is 2. The van der Waals surface area contributed by atoms with Crippen LogP contribution in [0.3, 0.4) is 0 Å². The number of nitrogens with one attached hydrogen (secondary N) is 1. The minimum Gasteiger partial charge on any atom is -0.387 e. The molecule has 0 atom stereocenters. The molecule has 15 heavy (non-hydrogen) atoms. The molecular weight excluding hydrogens is 216 g/mol. The zero-order chi connectivity index (χ0) is 11.6. The molecule has 0 bridgehead atoms. The van der Waals surface area contributed by atoms with Gasteiger partial charge in [0, 0.05) is 33.1 Å². The molecule has 1 saturated heterocycles. The summed E-state index contributed by atoms with van der Waals surface area (Å²) in [5.41, 5.74) is 5.39. The van der Waals surface area contributed by atoms with Crippen molar-refractivity contribution in [2.75, 3.05) is 27.2 Å². The lowest BCUT2D eigenvalue weighted by Gasteiger charge is -2.32. The fraction of sp³-hybridized carbons (Fsp3) is 0.875. The van der Waals surface area contributed by atoms with E-state index in [0.717, 1.165) is 0 Å². The van der Waals surface area contributed by atoms with Gasteiger partial charge in [0.25, 0.3) is 10.2 Å². The van der Waals surface area contributed by atoms with Crippen molar-refractivity contribution in [2.45, 2.75) is 12.8 Å². The molecule has 0 saturated carbocycles. The molecule has 3 N–H and O–H groups in total. The molecule has 1 aliphatic heterocycles. The van der Waals surface area contributed by atoms with Gasteiger partial charge in [0.05, 0.1) is 5.84 Å². The lowest BCUT2D eigenvalue weighted by atomic mass is 9.97. The van der Waals surface area contributed by atoms with Gasteiger partial charge in [0.2, 0.25) is 0 Å². The van der Waals surface area contributed by atoms with Crippen LogP contribution in [0.2, 0.25) is 0 Å². The lowest BCUT2D eigenvalue weighted by molar-refractivity contribution is 0.298. The molecule has 88 valence electrons. The van der Waals surface area contributed by atoms with E-state index in [2.05, 4.69) is 0 Å². The normalized spacial score (nSPS) is 20.7. The van der Waals surface area contributed by atoms with Crippen molar-refractivity contribution in [3.63, 3.8) is 0 Å². The summed E-state index contributed by atoms with van der Waals surface area (Å²) in [5, 5.41) is 7.29. The van der Waals surface area contributed by atoms with E-state index in [1.165, 1.54) is 22.7 Å². The van der Waals surface area contributed by atoms with Crippen LogP contribution < -0.4 is 5.73 Å². The molecule has 1 rings (SSSR count). The predicted octanol–water partition coefficient (Wildman–Crippen LogP) is -0.559. The molecule has 0 aromatic carbocycles.